The topological polar surface area (TPSA) is 69.6 Å². The summed E-state index contributed by atoms with van der Waals surface area (Å²) in [5, 5.41) is 0.803. The molecule has 1 saturated heterocycles. The Morgan fingerprint density at radius 3 is 2.50 bits per heavy atom. The first-order chi connectivity index (χ1) is 12.5. The molecule has 1 aliphatic rings. The Hall–Kier alpha value is -2.44. The van der Waals surface area contributed by atoms with E-state index in [4.69, 9.17) is 27.6 Å². The zero-order chi connectivity index (χ0) is 18.3. The lowest BCUT2D eigenvalue weighted by Crippen LogP contribution is -2.48. The lowest BCUT2D eigenvalue weighted by Gasteiger charge is -2.36. The molecule has 0 spiro atoms. The summed E-state index contributed by atoms with van der Waals surface area (Å²) in [5.74, 6) is -0.524. The van der Waals surface area contributed by atoms with E-state index in [1.165, 1.54) is 0 Å². The third-order valence-corrected chi connectivity index (χ3v) is 5.24. The molecule has 1 fully saturated rings. The number of benzene rings is 2. The predicted molar refractivity (Wildman–Crippen MR) is 101 cm³/mol. The van der Waals surface area contributed by atoms with E-state index in [1.54, 1.807) is 23.1 Å². The van der Waals surface area contributed by atoms with Gasteiger partial charge in [0.2, 0.25) is 0 Å². The van der Waals surface area contributed by atoms with Crippen LogP contribution < -0.4 is 10.7 Å². The summed E-state index contributed by atoms with van der Waals surface area (Å²) in [6, 6.07) is 10.5. The maximum atomic E-state index is 12.6. The molecule has 0 radical (unpaired) electrons. The van der Waals surface area contributed by atoms with Crippen molar-refractivity contribution < 1.29 is 9.21 Å². The molecule has 6 nitrogen and oxygen atoms in total. The molecule has 1 N–H and O–H groups in total. The second-order valence-corrected chi connectivity index (χ2v) is 6.92. The van der Waals surface area contributed by atoms with Crippen molar-refractivity contribution in [3.8, 4) is 0 Å². The summed E-state index contributed by atoms with van der Waals surface area (Å²) in [6.45, 7) is 2.56. The third kappa shape index (κ3) is 3.18. The highest BCUT2D eigenvalue weighted by Crippen LogP contribution is 2.25. The Morgan fingerprint density at radius 2 is 1.77 bits per heavy atom. The van der Waals surface area contributed by atoms with Gasteiger partial charge in [0.25, 0.3) is 5.91 Å². The van der Waals surface area contributed by atoms with Gasteiger partial charge in [0, 0.05) is 43.5 Å². The van der Waals surface area contributed by atoms with Gasteiger partial charge >= 0.3 is 5.76 Å². The number of carbonyl (C=O) groups excluding carboxylic acids is 1. The number of H-pyrrole nitrogens is 1. The van der Waals surface area contributed by atoms with Gasteiger partial charge in [-0.3, -0.25) is 9.78 Å². The van der Waals surface area contributed by atoms with Gasteiger partial charge in [-0.15, -0.1) is 0 Å². The number of halogens is 2. The standard InChI is InChI=1S/C18H15Cl2N3O3/c19-13-3-1-11(9-14(13)20)17(24)23-7-5-22(6-8-23)12-2-4-15-16(10-12)26-18(25)21-15/h1-4,9-10H,5-8H2,(H,21,25). The molecule has 0 unspecified atom stereocenters. The number of aromatic nitrogens is 1. The van der Waals surface area contributed by atoms with Crippen LogP contribution in [0.25, 0.3) is 11.1 Å². The summed E-state index contributed by atoms with van der Waals surface area (Å²) >= 11 is 11.9. The first-order valence-electron chi connectivity index (χ1n) is 8.13. The average Bonchev–Trinajstić information content (AvgIpc) is 3.02. The average molecular weight is 392 g/mol. The number of anilines is 1. The quantitative estimate of drug-likeness (QED) is 0.726. The van der Waals surface area contributed by atoms with E-state index in [0.717, 1.165) is 5.69 Å². The number of rotatable bonds is 2. The number of piperazine rings is 1. The van der Waals surface area contributed by atoms with Crippen molar-refractivity contribution in [3.05, 3.63) is 62.6 Å². The van der Waals surface area contributed by atoms with E-state index in [1.807, 2.05) is 18.2 Å². The van der Waals surface area contributed by atoms with Crippen LogP contribution in [0, 0.1) is 0 Å². The smallest absolute Gasteiger partial charge is 0.408 e. The molecule has 134 valence electrons. The predicted octanol–water partition coefficient (Wildman–Crippen LogP) is 3.39. The molecule has 3 aromatic rings. The molecule has 4 rings (SSSR count). The van der Waals surface area contributed by atoms with Gasteiger partial charge in [0.1, 0.15) is 0 Å². The van der Waals surface area contributed by atoms with Crippen LogP contribution in [0.4, 0.5) is 5.69 Å². The highest BCUT2D eigenvalue weighted by Gasteiger charge is 2.23. The first-order valence-corrected chi connectivity index (χ1v) is 8.89. The molecule has 8 heteroatoms. The van der Waals surface area contributed by atoms with E-state index in [9.17, 15) is 9.59 Å². The molecule has 1 aliphatic heterocycles. The van der Waals surface area contributed by atoms with E-state index in [-0.39, 0.29) is 5.91 Å². The number of nitrogens with zero attached hydrogens (tertiary/aromatic N) is 2. The van der Waals surface area contributed by atoms with Crippen LogP contribution >= 0.6 is 23.2 Å². The zero-order valence-corrected chi connectivity index (χ0v) is 15.2. The fraction of sp³-hybridized carbons (Fsp3) is 0.222. The molecule has 0 bridgehead atoms. The molecule has 1 amide bonds. The Kier molecular flexibility index (Phi) is 4.38. The Morgan fingerprint density at radius 1 is 1.00 bits per heavy atom. The molecular weight excluding hydrogens is 377 g/mol. The summed E-state index contributed by atoms with van der Waals surface area (Å²) in [5.41, 5.74) is 2.69. The Labute approximate surface area is 158 Å². The summed E-state index contributed by atoms with van der Waals surface area (Å²) < 4.78 is 5.11. The number of hydrogen-bond donors (Lipinski definition) is 1. The highest BCUT2D eigenvalue weighted by atomic mass is 35.5. The number of nitrogens with one attached hydrogen (secondary N) is 1. The van der Waals surface area contributed by atoms with Crippen LogP contribution in [0.15, 0.2) is 45.6 Å². The number of oxazole rings is 1. The van der Waals surface area contributed by atoms with E-state index < -0.39 is 5.76 Å². The Balaban J connectivity index is 1.46. The zero-order valence-electron chi connectivity index (χ0n) is 13.7. The third-order valence-electron chi connectivity index (χ3n) is 4.50. The second kappa shape index (κ2) is 6.70. The van der Waals surface area contributed by atoms with Crippen molar-refractivity contribution >= 4 is 45.9 Å². The van der Waals surface area contributed by atoms with Crippen LogP contribution in [-0.4, -0.2) is 42.0 Å². The first kappa shape index (κ1) is 17.0. The van der Waals surface area contributed by atoms with Gasteiger partial charge in [0.15, 0.2) is 5.58 Å². The van der Waals surface area contributed by atoms with Crippen molar-refractivity contribution in [2.24, 2.45) is 0 Å². The molecule has 0 aliphatic carbocycles. The largest absolute Gasteiger partial charge is 0.417 e. The normalized spacial score (nSPS) is 14.8. The number of aromatic amines is 1. The maximum absolute atomic E-state index is 12.6. The van der Waals surface area contributed by atoms with Crippen molar-refractivity contribution in [2.75, 3.05) is 31.1 Å². The molecule has 2 heterocycles. The van der Waals surface area contributed by atoms with Crippen LogP contribution in [0.3, 0.4) is 0 Å². The number of hydrogen-bond acceptors (Lipinski definition) is 4. The minimum Gasteiger partial charge on any atom is -0.408 e. The van der Waals surface area contributed by atoms with E-state index in [2.05, 4.69) is 9.88 Å². The molecule has 1 aromatic heterocycles. The minimum absolute atomic E-state index is 0.0599. The monoisotopic (exact) mass is 391 g/mol. The summed E-state index contributed by atoms with van der Waals surface area (Å²) in [6.07, 6.45) is 0. The van der Waals surface area contributed by atoms with Crippen LogP contribution in [0.2, 0.25) is 10.0 Å². The summed E-state index contributed by atoms with van der Waals surface area (Å²) in [4.78, 5) is 30.5. The highest BCUT2D eigenvalue weighted by molar-refractivity contribution is 6.42. The van der Waals surface area contributed by atoms with Crippen LogP contribution in [0.5, 0.6) is 0 Å². The van der Waals surface area contributed by atoms with Gasteiger partial charge in [-0.05, 0) is 30.3 Å². The van der Waals surface area contributed by atoms with Crippen LogP contribution in [-0.2, 0) is 0 Å². The molecule has 26 heavy (non-hydrogen) atoms. The van der Waals surface area contributed by atoms with Crippen molar-refractivity contribution in [1.82, 2.24) is 9.88 Å². The van der Waals surface area contributed by atoms with Crippen LogP contribution in [0.1, 0.15) is 10.4 Å². The summed E-state index contributed by atoms with van der Waals surface area (Å²) in [7, 11) is 0. The number of amides is 1. The fourth-order valence-electron chi connectivity index (χ4n) is 3.11. The SMILES string of the molecule is O=C(c1ccc(Cl)c(Cl)c1)N1CCN(c2ccc3[nH]c(=O)oc3c2)CC1. The Bertz CT molecular complexity index is 1040. The van der Waals surface area contributed by atoms with Crippen molar-refractivity contribution in [1.29, 1.82) is 0 Å². The number of fused-ring (bicyclic) bond motifs is 1. The molecule has 0 atom stereocenters. The van der Waals surface area contributed by atoms with Gasteiger partial charge in [-0.2, -0.15) is 0 Å². The molecular formula is C18H15Cl2N3O3. The molecule has 2 aromatic carbocycles. The lowest BCUT2D eigenvalue weighted by molar-refractivity contribution is 0.0747. The van der Waals surface area contributed by atoms with E-state index in [0.29, 0.717) is 52.9 Å². The number of carbonyl (C=O) groups is 1. The van der Waals surface area contributed by atoms with Crippen molar-refractivity contribution in [3.63, 3.8) is 0 Å². The maximum Gasteiger partial charge on any atom is 0.417 e. The second-order valence-electron chi connectivity index (χ2n) is 6.10. The van der Waals surface area contributed by atoms with Gasteiger partial charge in [-0.1, -0.05) is 23.2 Å². The van der Waals surface area contributed by atoms with Crippen molar-refractivity contribution in [2.45, 2.75) is 0 Å². The fourth-order valence-corrected chi connectivity index (χ4v) is 3.41. The van der Waals surface area contributed by atoms with Gasteiger partial charge in [-0.25, -0.2) is 4.79 Å². The van der Waals surface area contributed by atoms with Gasteiger partial charge in [0.05, 0.1) is 15.6 Å². The van der Waals surface area contributed by atoms with Gasteiger partial charge < -0.3 is 14.2 Å². The molecule has 0 saturated carbocycles. The minimum atomic E-state index is -0.464. The lowest BCUT2D eigenvalue weighted by atomic mass is 10.1. The van der Waals surface area contributed by atoms with E-state index >= 15 is 0 Å².